The minimum absolute atomic E-state index is 0.130. The summed E-state index contributed by atoms with van der Waals surface area (Å²) in [4.78, 5) is 64.4. The Morgan fingerprint density at radius 3 is 2.14 bits per heavy atom. The fourth-order valence-electron chi connectivity index (χ4n) is 3.74. The number of carbonyl (C=O) groups is 5. The number of amides is 4. The van der Waals surface area contributed by atoms with E-state index < -0.39 is 72.2 Å². The van der Waals surface area contributed by atoms with E-state index in [-0.39, 0.29) is 6.42 Å². The van der Waals surface area contributed by atoms with E-state index in [0.717, 1.165) is 16.5 Å². The summed E-state index contributed by atoms with van der Waals surface area (Å²) in [5, 5.41) is 27.1. The van der Waals surface area contributed by atoms with Crippen LogP contribution < -0.4 is 27.4 Å². The Bertz CT molecular complexity index is 1150. The molecule has 1 aromatic carbocycles. The lowest BCUT2D eigenvalue weighted by Crippen LogP contribution is -2.60. The lowest BCUT2D eigenvalue weighted by Gasteiger charge is -2.27. The lowest BCUT2D eigenvalue weighted by atomic mass is 10.0. The quantitative estimate of drug-likeness (QED) is 0.155. The number of benzene rings is 1. The molecule has 2 rings (SSSR count). The molecule has 1 aromatic heterocycles. The second-order valence-corrected chi connectivity index (χ2v) is 9.20. The number of nitrogens with two attached hydrogens (primary N) is 2. The number of aliphatic hydroxyl groups excluding tert-OH is 1. The zero-order valence-electron chi connectivity index (χ0n) is 20.9. The molecule has 0 aliphatic carbocycles. The molecular weight excluding hydrogens is 484 g/mol. The maximum Gasteiger partial charge on any atom is 0.326 e. The molecule has 0 saturated carbocycles. The number of rotatable bonds is 13. The standard InChI is InChI=1S/C24H34N6O7/c1-11(2)19(24(36)37)29-23(35)20(12(3)31)30-22(34)17(9-18(26)32)28-21(33)15(25)8-13-10-27-16-7-5-4-6-14(13)16/h4-7,10-12,15,17,19-20,27,31H,8-9,25H2,1-3H3,(H2,26,32)(H,28,33)(H,29,35)(H,30,34)(H,36,37). The highest BCUT2D eigenvalue weighted by atomic mass is 16.4. The van der Waals surface area contributed by atoms with Gasteiger partial charge in [0, 0.05) is 17.1 Å². The van der Waals surface area contributed by atoms with Crippen LogP contribution in [0.1, 0.15) is 32.8 Å². The van der Waals surface area contributed by atoms with Gasteiger partial charge in [-0.05, 0) is 30.9 Å². The van der Waals surface area contributed by atoms with Crippen molar-refractivity contribution in [2.75, 3.05) is 0 Å². The van der Waals surface area contributed by atoms with Crippen LogP contribution in [0.5, 0.6) is 0 Å². The highest BCUT2D eigenvalue weighted by Gasteiger charge is 2.34. The second-order valence-electron chi connectivity index (χ2n) is 9.20. The SMILES string of the molecule is CC(C)C(NC(=O)C(NC(=O)C(CC(N)=O)NC(=O)C(N)Cc1c[nH]c2ccccc12)C(C)O)C(=O)O. The van der Waals surface area contributed by atoms with E-state index in [1.807, 2.05) is 24.3 Å². The summed E-state index contributed by atoms with van der Waals surface area (Å²) in [5.41, 5.74) is 12.9. The highest BCUT2D eigenvalue weighted by Crippen LogP contribution is 2.18. The molecule has 0 bridgehead atoms. The fourth-order valence-corrected chi connectivity index (χ4v) is 3.74. The van der Waals surface area contributed by atoms with Crippen molar-refractivity contribution in [3.63, 3.8) is 0 Å². The molecule has 0 fully saturated rings. The van der Waals surface area contributed by atoms with E-state index in [1.54, 1.807) is 20.0 Å². The van der Waals surface area contributed by atoms with Crippen LogP contribution in [-0.4, -0.2) is 75.1 Å². The molecule has 13 nitrogen and oxygen atoms in total. The predicted octanol–water partition coefficient (Wildman–Crippen LogP) is -1.51. The molecule has 1 heterocycles. The van der Waals surface area contributed by atoms with Crippen LogP contribution in [0.4, 0.5) is 0 Å². The number of aromatic nitrogens is 1. The Morgan fingerprint density at radius 1 is 0.946 bits per heavy atom. The fraction of sp³-hybridized carbons (Fsp3) is 0.458. The van der Waals surface area contributed by atoms with E-state index >= 15 is 0 Å². The van der Waals surface area contributed by atoms with E-state index in [2.05, 4.69) is 20.9 Å². The number of para-hydroxylation sites is 1. The number of primary amides is 1. The Morgan fingerprint density at radius 2 is 1.57 bits per heavy atom. The molecule has 0 aliphatic rings. The van der Waals surface area contributed by atoms with Gasteiger partial charge in [0.25, 0.3) is 0 Å². The van der Waals surface area contributed by atoms with Crippen molar-refractivity contribution in [1.82, 2.24) is 20.9 Å². The third-order valence-electron chi connectivity index (χ3n) is 5.78. The first-order valence-electron chi connectivity index (χ1n) is 11.7. The molecule has 0 spiro atoms. The normalized spacial score (nSPS) is 15.3. The smallest absolute Gasteiger partial charge is 0.326 e. The lowest BCUT2D eigenvalue weighted by molar-refractivity contribution is -0.144. The van der Waals surface area contributed by atoms with Crippen LogP contribution in [0.15, 0.2) is 30.5 Å². The average Bonchev–Trinajstić information content (AvgIpc) is 3.21. The zero-order chi connectivity index (χ0) is 27.9. The molecule has 5 unspecified atom stereocenters. The number of aliphatic carboxylic acids is 1. The van der Waals surface area contributed by atoms with Crippen molar-refractivity contribution in [2.45, 2.75) is 63.9 Å². The number of nitrogens with one attached hydrogen (secondary N) is 4. The summed E-state index contributed by atoms with van der Waals surface area (Å²) in [6.45, 7) is 4.37. The number of aliphatic hydroxyl groups is 1. The number of hydrogen-bond donors (Lipinski definition) is 8. The van der Waals surface area contributed by atoms with Gasteiger partial charge in [-0.3, -0.25) is 19.2 Å². The molecular formula is C24H34N6O7. The van der Waals surface area contributed by atoms with Gasteiger partial charge in [0.05, 0.1) is 18.6 Å². The average molecular weight is 519 g/mol. The van der Waals surface area contributed by atoms with E-state index in [4.69, 9.17) is 11.5 Å². The van der Waals surface area contributed by atoms with Crippen molar-refractivity contribution >= 4 is 40.5 Å². The minimum atomic E-state index is -1.57. The Labute approximate surface area is 213 Å². The van der Waals surface area contributed by atoms with Crippen LogP contribution in [0.2, 0.25) is 0 Å². The van der Waals surface area contributed by atoms with E-state index in [0.29, 0.717) is 0 Å². The monoisotopic (exact) mass is 518 g/mol. The number of fused-ring (bicyclic) bond motifs is 1. The minimum Gasteiger partial charge on any atom is -0.480 e. The van der Waals surface area contributed by atoms with Gasteiger partial charge in [-0.25, -0.2) is 4.79 Å². The summed E-state index contributed by atoms with van der Waals surface area (Å²) < 4.78 is 0. The molecule has 10 N–H and O–H groups in total. The predicted molar refractivity (Wildman–Crippen MR) is 134 cm³/mol. The summed E-state index contributed by atoms with van der Waals surface area (Å²) in [5.74, 6) is -5.35. The Balaban J connectivity index is 2.12. The Kier molecular flexibility index (Phi) is 10.1. The molecule has 0 aliphatic heterocycles. The van der Waals surface area contributed by atoms with Crippen molar-refractivity contribution in [1.29, 1.82) is 0 Å². The second kappa shape index (κ2) is 12.8. The molecule has 202 valence electrons. The van der Waals surface area contributed by atoms with Crippen LogP contribution in [0.25, 0.3) is 10.9 Å². The van der Waals surface area contributed by atoms with Crippen LogP contribution in [0, 0.1) is 5.92 Å². The first-order chi connectivity index (χ1) is 17.3. The topological polar surface area (TPSA) is 230 Å². The summed E-state index contributed by atoms with van der Waals surface area (Å²) in [7, 11) is 0. The van der Waals surface area contributed by atoms with Crippen molar-refractivity contribution in [3.8, 4) is 0 Å². The number of carboxylic acids is 1. The van der Waals surface area contributed by atoms with Gasteiger partial charge in [0.1, 0.15) is 18.1 Å². The van der Waals surface area contributed by atoms with Gasteiger partial charge in [-0.2, -0.15) is 0 Å². The number of H-pyrrole nitrogens is 1. The number of aromatic amines is 1. The van der Waals surface area contributed by atoms with Crippen molar-refractivity contribution in [2.24, 2.45) is 17.4 Å². The molecule has 4 amide bonds. The van der Waals surface area contributed by atoms with Gasteiger partial charge in [0.15, 0.2) is 0 Å². The number of carbonyl (C=O) groups excluding carboxylic acids is 4. The van der Waals surface area contributed by atoms with E-state index in [1.165, 1.54) is 6.92 Å². The first kappa shape index (κ1) is 29.3. The van der Waals surface area contributed by atoms with Gasteiger partial charge in [-0.15, -0.1) is 0 Å². The van der Waals surface area contributed by atoms with E-state index in [9.17, 15) is 34.2 Å². The summed E-state index contributed by atoms with van der Waals surface area (Å²) in [6, 6.07) is 2.01. The molecule has 0 radical (unpaired) electrons. The van der Waals surface area contributed by atoms with Crippen LogP contribution in [0.3, 0.4) is 0 Å². The van der Waals surface area contributed by atoms with Gasteiger partial charge >= 0.3 is 5.97 Å². The molecule has 2 aromatic rings. The third kappa shape index (κ3) is 8.02. The van der Waals surface area contributed by atoms with Crippen LogP contribution in [-0.2, 0) is 30.4 Å². The summed E-state index contributed by atoms with van der Waals surface area (Å²) in [6.07, 6.45) is -0.182. The van der Waals surface area contributed by atoms with Gasteiger partial charge in [0.2, 0.25) is 23.6 Å². The summed E-state index contributed by atoms with van der Waals surface area (Å²) >= 11 is 0. The molecule has 0 saturated heterocycles. The zero-order valence-corrected chi connectivity index (χ0v) is 20.9. The van der Waals surface area contributed by atoms with Crippen molar-refractivity contribution in [3.05, 3.63) is 36.0 Å². The maximum absolute atomic E-state index is 12.9. The first-order valence-corrected chi connectivity index (χ1v) is 11.7. The Hall–Kier alpha value is -3.97. The molecule has 13 heteroatoms. The highest BCUT2D eigenvalue weighted by molar-refractivity contribution is 5.96. The number of carboxylic acid groups (broad SMARTS) is 1. The molecule has 5 atom stereocenters. The number of hydrogen-bond acceptors (Lipinski definition) is 7. The molecule has 37 heavy (non-hydrogen) atoms. The van der Waals surface area contributed by atoms with Gasteiger partial charge in [-0.1, -0.05) is 32.0 Å². The van der Waals surface area contributed by atoms with Crippen molar-refractivity contribution < 1.29 is 34.2 Å². The van der Waals surface area contributed by atoms with Gasteiger partial charge < -0.3 is 42.6 Å². The maximum atomic E-state index is 12.9. The largest absolute Gasteiger partial charge is 0.480 e. The van der Waals surface area contributed by atoms with Crippen LogP contribution >= 0.6 is 0 Å². The third-order valence-corrected chi connectivity index (χ3v) is 5.78.